The lowest BCUT2D eigenvalue weighted by Crippen LogP contribution is -2.51. The quantitative estimate of drug-likeness (QED) is 0.809. The van der Waals surface area contributed by atoms with Gasteiger partial charge in [0.05, 0.1) is 11.7 Å². The van der Waals surface area contributed by atoms with Gasteiger partial charge in [0.15, 0.2) is 0 Å². The molecule has 3 nitrogen and oxygen atoms in total. The lowest BCUT2D eigenvalue weighted by Gasteiger charge is -2.46. The average Bonchev–Trinajstić information content (AvgIpc) is 2.48. The number of hydrogen-bond donors (Lipinski definition) is 1. The lowest BCUT2D eigenvalue weighted by atomic mass is 9.73. The zero-order valence-electron chi connectivity index (χ0n) is 13.6. The maximum Gasteiger partial charge on any atom is 0.0727 e. The van der Waals surface area contributed by atoms with Crippen LogP contribution in [-0.2, 0) is 9.47 Å². The minimum Gasteiger partial charge on any atom is -0.377 e. The number of ether oxygens (including phenoxy) is 2. The van der Waals surface area contributed by atoms with E-state index in [1.165, 1.54) is 44.9 Å². The predicted molar refractivity (Wildman–Crippen MR) is 83.0 cm³/mol. The minimum absolute atomic E-state index is 0.195. The maximum absolute atomic E-state index is 6.24. The molecule has 1 aliphatic heterocycles. The van der Waals surface area contributed by atoms with Gasteiger partial charge in [0, 0.05) is 19.3 Å². The molecule has 1 heterocycles. The maximum atomic E-state index is 6.24. The SMILES string of the molecule is CCOC(CC)C(NC)C1CCOC2(CCCCC2)C1. The van der Waals surface area contributed by atoms with E-state index in [0.717, 1.165) is 19.6 Å². The molecule has 3 heteroatoms. The van der Waals surface area contributed by atoms with Crippen LogP contribution in [0.15, 0.2) is 0 Å². The molecule has 0 aromatic heterocycles. The smallest absolute Gasteiger partial charge is 0.0727 e. The summed E-state index contributed by atoms with van der Waals surface area (Å²) in [6.45, 7) is 6.08. The van der Waals surface area contributed by atoms with Crippen LogP contribution in [0.25, 0.3) is 0 Å². The van der Waals surface area contributed by atoms with Crippen molar-refractivity contribution < 1.29 is 9.47 Å². The normalized spacial score (nSPS) is 29.2. The van der Waals surface area contributed by atoms with Gasteiger partial charge in [0.1, 0.15) is 0 Å². The van der Waals surface area contributed by atoms with Gasteiger partial charge in [-0.05, 0) is 52.0 Å². The van der Waals surface area contributed by atoms with Crippen LogP contribution < -0.4 is 5.32 Å². The molecule has 0 bridgehead atoms. The van der Waals surface area contributed by atoms with Crippen LogP contribution in [0.1, 0.15) is 65.2 Å². The summed E-state index contributed by atoms with van der Waals surface area (Å²) < 4.78 is 12.2. The zero-order chi connectivity index (χ0) is 14.4. The second kappa shape index (κ2) is 7.77. The molecule has 1 saturated carbocycles. The molecular formula is C17H33NO2. The third kappa shape index (κ3) is 3.75. The van der Waals surface area contributed by atoms with E-state index in [9.17, 15) is 0 Å². The molecule has 1 spiro atoms. The summed E-state index contributed by atoms with van der Waals surface area (Å²) in [7, 11) is 2.09. The molecule has 3 unspecified atom stereocenters. The van der Waals surface area contributed by atoms with Crippen molar-refractivity contribution in [3.63, 3.8) is 0 Å². The second-order valence-electron chi connectivity index (χ2n) is 6.56. The Bertz CT molecular complexity index is 271. The first kappa shape index (κ1) is 16.3. The van der Waals surface area contributed by atoms with Gasteiger partial charge in [0.25, 0.3) is 0 Å². The second-order valence-corrected chi connectivity index (χ2v) is 6.56. The highest BCUT2D eigenvalue weighted by Gasteiger charge is 2.42. The summed E-state index contributed by atoms with van der Waals surface area (Å²) in [6, 6.07) is 0.475. The molecule has 0 aromatic carbocycles. The Balaban J connectivity index is 2.01. The molecule has 20 heavy (non-hydrogen) atoms. The summed E-state index contributed by atoms with van der Waals surface area (Å²) in [5.74, 6) is 0.698. The zero-order valence-corrected chi connectivity index (χ0v) is 13.6. The summed E-state index contributed by atoms with van der Waals surface area (Å²) in [5.41, 5.74) is 0.195. The highest BCUT2D eigenvalue weighted by Crippen LogP contribution is 2.42. The predicted octanol–water partition coefficient (Wildman–Crippen LogP) is 3.52. The Morgan fingerprint density at radius 1 is 1.25 bits per heavy atom. The molecule has 1 N–H and O–H groups in total. The fraction of sp³-hybridized carbons (Fsp3) is 1.00. The van der Waals surface area contributed by atoms with Crippen molar-refractivity contribution in [1.82, 2.24) is 5.32 Å². The summed E-state index contributed by atoms with van der Waals surface area (Å²) >= 11 is 0. The summed E-state index contributed by atoms with van der Waals surface area (Å²) in [4.78, 5) is 0. The first-order chi connectivity index (χ1) is 9.74. The van der Waals surface area contributed by atoms with Gasteiger partial charge in [-0.25, -0.2) is 0 Å². The fourth-order valence-corrected chi connectivity index (χ4v) is 4.33. The van der Waals surface area contributed by atoms with E-state index >= 15 is 0 Å². The summed E-state index contributed by atoms with van der Waals surface area (Å²) in [5, 5.41) is 3.55. The fourth-order valence-electron chi connectivity index (χ4n) is 4.33. The van der Waals surface area contributed by atoms with Gasteiger partial charge in [-0.2, -0.15) is 0 Å². The van der Waals surface area contributed by atoms with E-state index in [-0.39, 0.29) is 5.60 Å². The molecule has 2 rings (SSSR count). The van der Waals surface area contributed by atoms with E-state index in [1.807, 2.05) is 0 Å². The Morgan fingerprint density at radius 2 is 2.00 bits per heavy atom. The van der Waals surface area contributed by atoms with Crippen LogP contribution in [0.2, 0.25) is 0 Å². The van der Waals surface area contributed by atoms with E-state index in [0.29, 0.717) is 18.1 Å². The van der Waals surface area contributed by atoms with E-state index < -0.39 is 0 Å². The third-order valence-corrected chi connectivity index (χ3v) is 5.32. The minimum atomic E-state index is 0.195. The number of hydrogen-bond acceptors (Lipinski definition) is 3. The van der Waals surface area contributed by atoms with E-state index in [1.54, 1.807) is 0 Å². The molecule has 2 fully saturated rings. The molecule has 0 aromatic rings. The molecular weight excluding hydrogens is 250 g/mol. The molecule has 1 saturated heterocycles. The molecule has 118 valence electrons. The average molecular weight is 283 g/mol. The Kier molecular flexibility index (Phi) is 6.31. The topological polar surface area (TPSA) is 30.5 Å². The van der Waals surface area contributed by atoms with Crippen LogP contribution in [0.5, 0.6) is 0 Å². The van der Waals surface area contributed by atoms with Crippen molar-refractivity contribution in [2.75, 3.05) is 20.3 Å². The lowest BCUT2D eigenvalue weighted by molar-refractivity contribution is -0.129. The van der Waals surface area contributed by atoms with Crippen molar-refractivity contribution >= 4 is 0 Å². The van der Waals surface area contributed by atoms with Crippen molar-refractivity contribution in [3.8, 4) is 0 Å². The number of rotatable bonds is 6. The van der Waals surface area contributed by atoms with E-state index in [4.69, 9.17) is 9.47 Å². The highest BCUT2D eigenvalue weighted by atomic mass is 16.5. The van der Waals surface area contributed by atoms with Crippen molar-refractivity contribution in [2.24, 2.45) is 5.92 Å². The van der Waals surface area contributed by atoms with Gasteiger partial charge in [0.2, 0.25) is 0 Å². The van der Waals surface area contributed by atoms with Gasteiger partial charge in [-0.15, -0.1) is 0 Å². The summed E-state index contributed by atoms with van der Waals surface area (Å²) in [6.07, 6.45) is 10.5. The first-order valence-electron chi connectivity index (χ1n) is 8.67. The number of nitrogens with one attached hydrogen (secondary N) is 1. The van der Waals surface area contributed by atoms with Crippen LogP contribution >= 0.6 is 0 Å². The Labute approximate surface area is 124 Å². The standard InChI is InChI=1S/C17H33NO2/c1-4-15(19-5-2)16(18-3)14-9-12-20-17(13-14)10-7-6-8-11-17/h14-16,18H,4-13H2,1-3H3. The molecule has 1 aliphatic carbocycles. The Hall–Kier alpha value is -0.120. The van der Waals surface area contributed by atoms with Crippen LogP contribution in [0, 0.1) is 5.92 Å². The first-order valence-corrected chi connectivity index (χ1v) is 8.67. The van der Waals surface area contributed by atoms with Crippen LogP contribution in [0.4, 0.5) is 0 Å². The van der Waals surface area contributed by atoms with Crippen LogP contribution in [0.3, 0.4) is 0 Å². The van der Waals surface area contributed by atoms with Gasteiger partial charge in [-0.1, -0.05) is 26.2 Å². The highest BCUT2D eigenvalue weighted by molar-refractivity contribution is 4.94. The molecule has 0 radical (unpaired) electrons. The van der Waals surface area contributed by atoms with Gasteiger partial charge >= 0.3 is 0 Å². The molecule has 0 amide bonds. The van der Waals surface area contributed by atoms with E-state index in [2.05, 4.69) is 26.2 Å². The molecule has 3 atom stereocenters. The molecule has 2 aliphatic rings. The largest absolute Gasteiger partial charge is 0.377 e. The monoisotopic (exact) mass is 283 g/mol. The van der Waals surface area contributed by atoms with Crippen LogP contribution in [-0.4, -0.2) is 38.0 Å². The van der Waals surface area contributed by atoms with Crippen molar-refractivity contribution in [2.45, 2.75) is 83.0 Å². The third-order valence-electron chi connectivity index (χ3n) is 5.32. The van der Waals surface area contributed by atoms with Gasteiger partial charge in [-0.3, -0.25) is 0 Å². The van der Waals surface area contributed by atoms with Gasteiger partial charge < -0.3 is 14.8 Å². The van der Waals surface area contributed by atoms with Crippen molar-refractivity contribution in [3.05, 3.63) is 0 Å². The van der Waals surface area contributed by atoms with Crippen molar-refractivity contribution in [1.29, 1.82) is 0 Å². The number of likely N-dealkylation sites (N-methyl/N-ethyl adjacent to an activating group) is 1. The Morgan fingerprint density at radius 3 is 2.60 bits per heavy atom.